The number of benzene rings is 1. The third kappa shape index (κ3) is 3.39. The second kappa shape index (κ2) is 6.08. The fraction of sp³-hybridized carbons (Fsp3) is 0.385. The monoisotopic (exact) mass is 327 g/mol. The molecule has 0 saturated carbocycles. The lowest BCUT2D eigenvalue weighted by molar-refractivity contribution is -0.129. The molecule has 2 N–H and O–H groups in total. The lowest BCUT2D eigenvalue weighted by atomic mass is 10.2. The van der Waals surface area contributed by atoms with Gasteiger partial charge in [0, 0.05) is 25.7 Å². The minimum absolute atomic E-state index is 0.102. The molecular weight excluding hydrogens is 310 g/mol. The van der Waals surface area contributed by atoms with E-state index in [-0.39, 0.29) is 22.3 Å². The maximum Gasteiger partial charge on any atom is 0.243 e. The average Bonchev–Trinajstić information content (AvgIpc) is 2.61. The van der Waals surface area contributed by atoms with Crippen molar-refractivity contribution < 1.29 is 13.2 Å². The van der Waals surface area contributed by atoms with Gasteiger partial charge in [0.15, 0.2) is 0 Å². The Bertz CT molecular complexity index is 673. The lowest BCUT2D eigenvalue weighted by Crippen LogP contribution is -2.38. The average molecular weight is 327 g/mol. The number of carbonyl (C=O) groups excluding carboxylic acids is 1. The topological polar surface area (TPSA) is 83.7 Å². The third-order valence-electron chi connectivity index (χ3n) is 3.39. The highest BCUT2D eigenvalue weighted by Crippen LogP contribution is 2.19. The SMILES string of the molecule is CN1CCCN(S(=O)(=O)c2cccc(C(N)=S)c2)CC1=O. The Labute approximate surface area is 129 Å². The zero-order chi connectivity index (χ0) is 15.6. The van der Waals surface area contributed by atoms with E-state index in [1.54, 1.807) is 24.1 Å². The van der Waals surface area contributed by atoms with E-state index in [0.29, 0.717) is 25.1 Å². The van der Waals surface area contributed by atoms with E-state index >= 15 is 0 Å². The fourth-order valence-electron chi connectivity index (χ4n) is 2.12. The van der Waals surface area contributed by atoms with E-state index < -0.39 is 10.0 Å². The number of hydrogen-bond donors (Lipinski definition) is 1. The smallest absolute Gasteiger partial charge is 0.243 e. The molecule has 0 spiro atoms. The van der Waals surface area contributed by atoms with Gasteiger partial charge in [0.25, 0.3) is 0 Å². The van der Waals surface area contributed by atoms with Crippen LogP contribution in [0.3, 0.4) is 0 Å². The molecule has 1 fully saturated rings. The van der Waals surface area contributed by atoms with Crippen LogP contribution in [0.25, 0.3) is 0 Å². The summed E-state index contributed by atoms with van der Waals surface area (Å²) < 4.78 is 26.5. The summed E-state index contributed by atoms with van der Waals surface area (Å²) in [6.07, 6.45) is 0.608. The highest BCUT2D eigenvalue weighted by molar-refractivity contribution is 7.89. The normalized spacial score (nSPS) is 17.6. The van der Waals surface area contributed by atoms with Crippen molar-refractivity contribution in [3.63, 3.8) is 0 Å². The van der Waals surface area contributed by atoms with Gasteiger partial charge in [-0.05, 0) is 18.6 Å². The van der Waals surface area contributed by atoms with E-state index in [9.17, 15) is 13.2 Å². The quantitative estimate of drug-likeness (QED) is 0.800. The zero-order valence-electron chi connectivity index (χ0n) is 11.7. The number of thiocarbonyl (C=S) groups is 1. The second-order valence-electron chi connectivity index (χ2n) is 4.90. The van der Waals surface area contributed by atoms with Crippen molar-refractivity contribution in [3.8, 4) is 0 Å². The van der Waals surface area contributed by atoms with Gasteiger partial charge in [-0.15, -0.1) is 0 Å². The molecule has 1 aromatic carbocycles. The predicted molar refractivity (Wildman–Crippen MR) is 83.3 cm³/mol. The molecule has 1 amide bonds. The van der Waals surface area contributed by atoms with Crippen LogP contribution in [0.15, 0.2) is 29.2 Å². The molecule has 1 saturated heterocycles. The molecule has 0 radical (unpaired) electrons. The molecular formula is C13H17N3O3S2. The van der Waals surface area contributed by atoms with Crippen LogP contribution in [0, 0.1) is 0 Å². The minimum Gasteiger partial charge on any atom is -0.389 e. The van der Waals surface area contributed by atoms with Crippen molar-refractivity contribution >= 4 is 33.1 Å². The first kappa shape index (κ1) is 15.9. The van der Waals surface area contributed by atoms with E-state index in [1.165, 1.54) is 16.4 Å². The number of amides is 1. The van der Waals surface area contributed by atoms with Crippen LogP contribution < -0.4 is 5.73 Å². The van der Waals surface area contributed by atoms with Crippen LogP contribution in [0.5, 0.6) is 0 Å². The molecule has 1 aromatic rings. The number of nitrogens with zero attached hydrogens (tertiary/aromatic N) is 2. The summed E-state index contributed by atoms with van der Waals surface area (Å²) in [6.45, 7) is 0.726. The number of nitrogens with two attached hydrogens (primary N) is 1. The maximum absolute atomic E-state index is 12.6. The minimum atomic E-state index is -3.73. The van der Waals surface area contributed by atoms with Gasteiger partial charge in [0.2, 0.25) is 15.9 Å². The second-order valence-corrected chi connectivity index (χ2v) is 7.28. The van der Waals surface area contributed by atoms with Crippen LogP contribution in [0.2, 0.25) is 0 Å². The van der Waals surface area contributed by atoms with Crippen LogP contribution in [-0.4, -0.2) is 55.2 Å². The molecule has 0 atom stereocenters. The first-order chi connectivity index (χ1) is 9.82. The molecule has 21 heavy (non-hydrogen) atoms. The van der Waals surface area contributed by atoms with Gasteiger partial charge in [0.05, 0.1) is 11.4 Å². The van der Waals surface area contributed by atoms with Gasteiger partial charge in [0.1, 0.15) is 4.99 Å². The highest BCUT2D eigenvalue weighted by atomic mass is 32.2. The van der Waals surface area contributed by atoms with Gasteiger partial charge in [-0.25, -0.2) is 8.42 Å². The van der Waals surface area contributed by atoms with Crippen molar-refractivity contribution in [1.82, 2.24) is 9.21 Å². The Kier molecular flexibility index (Phi) is 4.60. The third-order valence-corrected chi connectivity index (χ3v) is 5.47. The Balaban J connectivity index is 2.35. The Morgan fingerprint density at radius 3 is 2.71 bits per heavy atom. The largest absolute Gasteiger partial charge is 0.389 e. The summed E-state index contributed by atoms with van der Waals surface area (Å²) in [7, 11) is -2.05. The maximum atomic E-state index is 12.6. The van der Waals surface area contributed by atoms with Crippen molar-refractivity contribution in [2.45, 2.75) is 11.3 Å². The summed E-state index contributed by atoms with van der Waals surface area (Å²) in [5.74, 6) is -0.207. The first-order valence-electron chi connectivity index (χ1n) is 6.46. The fourth-order valence-corrected chi connectivity index (χ4v) is 3.73. The Hall–Kier alpha value is -1.51. The van der Waals surface area contributed by atoms with Gasteiger partial charge >= 0.3 is 0 Å². The van der Waals surface area contributed by atoms with Gasteiger partial charge in [-0.2, -0.15) is 4.31 Å². The number of carbonyl (C=O) groups is 1. The number of sulfonamides is 1. The van der Waals surface area contributed by atoms with E-state index in [2.05, 4.69) is 0 Å². The van der Waals surface area contributed by atoms with Crippen LogP contribution in [-0.2, 0) is 14.8 Å². The molecule has 0 aliphatic carbocycles. The van der Waals surface area contributed by atoms with Gasteiger partial charge < -0.3 is 10.6 Å². The summed E-state index contributed by atoms with van der Waals surface area (Å²) in [6, 6.07) is 6.17. The molecule has 1 aliphatic rings. The van der Waals surface area contributed by atoms with Crippen molar-refractivity contribution in [2.75, 3.05) is 26.7 Å². The number of rotatable bonds is 3. The molecule has 0 bridgehead atoms. The molecule has 0 unspecified atom stereocenters. The van der Waals surface area contributed by atoms with Crippen molar-refractivity contribution in [2.24, 2.45) is 5.73 Å². The summed E-state index contributed by atoms with van der Waals surface area (Å²) >= 11 is 4.87. The van der Waals surface area contributed by atoms with Crippen LogP contribution in [0.1, 0.15) is 12.0 Å². The number of hydrogen-bond acceptors (Lipinski definition) is 4. The summed E-state index contributed by atoms with van der Waals surface area (Å²) in [4.78, 5) is 13.6. The summed E-state index contributed by atoms with van der Waals surface area (Å²) in [5.41, 5.74) is 6.02. The Morgan fingerprint density at radius 1 is 1.33 bits per heavy atom. The molecule has 6 nitrogen and oxygen atoms in total. The Morgan fingerprint density at radius 2 is 2.05 bits per heavy atom. The molecule has 8 heteroatoms. The van der Waals surface area contributed by atoms with Crippen LogP contribution >= 0.6 is 12.2 Å². The molecule has 0 aromatic heterocycles. The van der Waals surface area contributed by atoms with E-state index in [0.717, 1.165) is 0 Å². The lowest BCUT2D eigenvalue weighted by Gasteiger charge is -2.19. The van der Waals surface area contributed by atoms with Gasteiger partial charge in [-0.3, -0.25) is 4.79 Å². The molecule has 2 rings (SSSR count). The standard InChI is InChI=1S/C13H17N3O3S2/c1-15-6-3-7-16(9-12(15)17)21(18,19)11-5-2-4-10(8-11)13(14)20/h2,4-5,8H,3,6-7,9H2,1H3,(H2,14,20). The van der Waals surface area contributed by atoms with Gasteiger partial charge in [-0.1, -0.05) is 24.4 Å². The van der Waals surface area contributed by atoms with E-state index in [1.807, 2.05) is 0 Å². The zero-order valence-corrected chi connectivity index (χ0v) is 13.3. The highest BCUT2D eigenvalue weighted by Gasteiger charge is 2.29. The van der Waals surface area contributed by atoms with E-state index in [4.69, 9.17) is 18.0 Å². The van der Waals surface area contributed by atoms with Crippen molar-refractivity contribution in [1.29, 1.82) is 0 Å². The number of likely N-dealkylation sites (N-methyl/N-ethyl adjacent to an activating group) is 1. The molecule has 114 valence electrons. The molecule has 1 aliphatic heterocycles. The van der Waals surface area contributed by atoms with Crippen molar-refractivity contribution in [3.05, 3.63) is 29.8 Å². The summed E-state index contributed by atoms with van der Waals surface area (Å²) in [5, 5.41) is 0. The first-order valence-corrected chi connectivity index (χ1v) is 8.31. The predicted octanol–water partition coefficient (Wildman–Crippen LogP) is 0.174. The molecule has 1 heterocycles. The van der Waals surface area contributed by atoms with Crippen LogP contribution in [0.4, 0.5) is 0 Å².